The second-order valence-corrected chi connectivity index (χ2v) is 6.40. The Morgan fingerprint density at radius 2 is 1.67 bits per heavy atom. The third kappa shape index (κ3) is 4.75. The summed E-state index contributed by atoms with van der Waals surface area (Å²) in [5.41, 5.74) is 2.00. The van der Waals surface area contributed by atoms with Crippen molar-refractivity contribution < 1.29 is 14.5 Å². The summed E-state index contributed by atoms with van der Waals surface area (Å²) in [5.74, 6) is 0.924. The lowest BCUT2D eigenvalue weighted by Gasteiger charge is -2.36. The van der Waals surface area contributed by atoms with Crippen molar-refractivity contribution in [1.29, 1.82) is 0 Å². The molecule has 0 aromatic heterocycles. The maximum Gasteiger partial charge on any atom is 0.269 e. The van der Waals surface area contributed by atoms with Gasteiger partial charge in [0.1, 0.15) is 5.75 Å². The van der Waals surface area contributed by atoms with Crippen LogP contribution in [0.1, 0.15) is 12.5 Å². The van der Waals surface area contributed by atoms with Crippen molar-refractivity contribution in [1.82, 2.24) is 4.90 Å². The Kier molecular flexibility index (Phi) is 5.90. The molecule has 0 spiro atoms. The van der Waals surface area contributed by atoms with E-state index in [-0.39, 0.29) is 11.6 Å². The normalized spacial score (nSPS) is 14.1. The molecule has 7 heteroatoms. The third-order valence-corrected chi connectivity index (χ3v) is 4.65. The fourth-order valence-corrected chi connectivity index (χ4v) is 3.16. The molecule has 7 nitrogen and oxygen atoms in total. The van der Waals surface area contributed by atoms with Crippen LogP contribution in [0.5, 0.6) is 5.75 Å². The molecule has 2 aromatic rings. The van der Waals surface area contributed by atoms with Crippen LogP contribution >= 0.6 is 0 Å². The zero-order valence-corrected chi connectivity index (χ0v) is 15.3. The maximum atomic E-state index is 12.5. The summed E-state index contributed by atoms with van der Waals surface area (Å²) in [6.45, 7) is 5.28. The molecule has 142 valence electrons. The zero-order chi connectivity index (χ0) is 19.2. The van der Waals surface area contributed by atoms with Gasteiger partial charge in [0.05, 0.1) is 18.0 Å². The van der Waals surface area contributed by atoms with E-state index >= 15 is 0 Å². The van der Waals surface area contributed by atoms with E-state index in [0.29, 0.717) is 39.2 Å². The maximum absolute atomic E-state index is 12.5. The number of anilines is 1. The number of nitro groups is 1. The number of carbonyl (C=O) groups is 1. The number of piperazine rings is 1. The lowest BCUT2D eigenvalue weighted by atomic mass is 10.1. The minimum atomic E-state index is -0.401. The number of rotatable bonds is 6. The fourth-order valence-electron chi connectivity index (χ4n) is 3.16. The van der Waals surface area contributed by atoms with Crippen LogP contribution in [-0.4, -0.2) is 48.5 Å². The minimum Gasteiger partial charge on any atom is -0.494 e. The molecule has 1 heterocycles. The molecule has 1 aliphatic rings. The molecule has 0 N–H and O–H groups in total. The molecule has 0 radical (unpaired) electrons. The summed E-state index contributed by atoms with van der Waals surface area (Å²) in [6, 6.07) is 14.2. The predicted molar refractivity (Wildman–Crippen MR) is 103 cm³/mol. The first-order valence-electron chi connectivity index (χ1n) is 9.05. The number of hydrogen-bond donors (Lipinski definition) is 0. The molecule has 2 aromatic carbocycles. The summed E-state index contributed by atoms with van der Waals surface area (Å²) >= 11 is 0. The van der Waals surface area contributed by atoms with Crippen LogP contribution in [0, 0.1) is 10.1 Å². The van der Waals surface area contributed by atoms with Crippen LogP contribution in [0.25, 0.3) is 0 Å². The van der Waals surface area contributed by atoms with Crippen molar-refractivity contribution in [3.05, 3.63) is 64.2 Å². The van der Waals surface area contributed by atoms with E-state index in [1.165, 1.54) is 12.1 Å². The summed E-state index contributed by atoms with van der Waals surface area (Å²) in [6.07, 6.45) is 0.379. The van der Waals surface area contributed by atoms with Crippen molar-refractivity contribution >= 4 is 17.3 Å². The lowest BCUT2D eigenvalue weighted by molar-refractivity contribution is -0.384. The van der Waals surface area contributed by atoms with Gasteiger partial charge in [-0.1, -0.05) is 12.1 Å². The summed E-state index contributed by atoms with van der Waals surface area (Å²) in [4.78, 5) is 26.9. The van der Waals surface area contributed by atoms with E-state index in [2.05, 4.69) is 4.90 Å². The van der Waals surface area contributed by atoms with Gasteiger partial charge in [-0.3, -0.25) is 14.9 Å². The second kappa shape index (κ2) is 8.53. The van der Waals surface area contributed by atoms with E-state index < -0.39 is 4.92 Å². The van der Waals surface area contributed by atoms with Crippen molar-refractivity contribution in [2.24, 2.45) is 0 Å². The van der Waals surface area contributed by atoms with Crippen LogP contribution in [-0.2, 0) is 11.2 Å². The Hall–Kier alpha value is -3.09. The van der Waals surface area contributed by atoms with Gasteiger partial charge in [0.25, 0.3) is 5.69 Å². The Morgan fingerprint density at radius 3 is 2.22 bits per heavy atom. The number of nitrogens with zero attached hydrogens (tertiary/aromatic N) is 3. The number of ether oxygens (including phenoxy) is 1. The number of non-ortho nitro benzene ring substituents is 1. The van der Waals surface area contributed by atoms with Crippen molar-refractivity contribution in [3.8, 4) is 5.75 Å². The number of nitro benzene ring substituents is 1. The van der Waals surface area contributed by atoms with Gasteiger partial charge in [-0.2, -0.15) is 0 Å². The molecule has 27 heavy (non-hydrogen) atoms. The topological polar surface area (TPSA) is 75.9 Å². The molecular formula is C20H23N3O4. The van der Waals surface area contributed by atoms with E-state index in [1.54, 1.807) is 12.1 Å². The Labute approximate surface area is 158 Å². The summed E-state index contributed by atoms with van der Waals surface area (Å²) in [7, 11) is 0. The van der Waals surface area contributed by atoms with Gasteiger partial charge < -0.3 is 14.5 Å². The second-order valence-electron chi connectivity index (χ2n) is 6.40. The molecule has 0 atom stereocenters. The number of carbonyl (C=O) groups excluding carboxylic acids is 1. The van der Waals surface area contributed by atoms with E-state index in [9.17, 15) is 14.9 Å². The summed E-state index contributed by atoms with van der Waals surface area (Å²) < 4.78 is 5.42. The Morgan fingerprint density at radius 1 is 1.04 bits per heavy atom. The monoisotopic (exact) mass is 369 g/mol. The van der Waals surface area contributed by atoms with Crippen LogP contribution in [0.3, 0.4) is 0 Å². The molecule has 1 amide bonds. The van der Waals surface area contributed by atoms with Crippen LogP contribution in [0.4, 0.5) is 11.4 Å². The molecular weight excluding hydrogens is 346 g/mol. The van der Waals surface area contributed by atoms with Gasteiger partial charge >= 0.3 is 0 Å². The van der Waals surface area contributed by atoms with Crippen LogP contribution in [0.15, 0.2) is 48.5 Å². The number of hydrogen-bond acceptors (Lipinski definition) is 5. The first kappa shape index (κ1) is 18.7. The highest BCUT2D eigenvalue weighted by Crippen LogP contribution is 2.21. The minimum absolute atomic E-state index is 0.0860. The Bertz CT molecular complexity index is 782. The zero-order valence-electron chi connectivity index (χ0n) is 15.3. The molecule has 0 saturated carbocycles. The third-order valence-electron chi connectivity index (χ3n) is 4.65. The highest BCUT2D eigenvalue weighted by Gasteiger charge is 2.21. The van der Waals surface area contributed by atoms with Gasteiger partial charge in [-0.15, -0.1) is 0 Å². The van der Waals surface area contributed by atoms with Gasteiger partial charge in [0.15, 0.2) is 0 Å². The first-order valence-corrected chi connectivity index (χ1v) is 9.05. The van der Waals surface area contributed by atoms with Gasteiger partial charge in [-0.25, -0.2) is 0 Å². The largest absolute Gasteiger partial charge is 0.494 e. The van der Waals surface area contributed by atoms with Gasteiger partial charge in [0.2, 0.25) is 5.91 Å². The molecule has 1 aliphatic heterocycles. The van der Waals surface area contributed by atoms with Crippen molar-refractivity contribution in [2.45, 2.75) is 13.3 Å². The van der Waals surface area contributed by atoms with Crippen LogP contribution in [0.2, 0.25) is 0 Å². The smallest absolute Gasteiger partial charge is 0.269 e. The van der Waals surface area contributed by atoms with Gasteiger partial charge in [-0.05, 0) is 36.8 Å². The Balaban J connectivity index is 1.52. The van der Waals surface area contributed by atoms with E-state index in [1.807, 2.05) is 36.1 Å². The molecule has 0 unspecified atom stereocenters. The molecule has 0 bridgehead atoms. The molecule has 0 aliphatic carbocycles. The standard InChI is InChI=1S/C20H23N3O4/c1-2-27-19-9-3-16(4-10-19)15-20(24)22-13-11-21(12-14-22)17-5-7-18(8-6-17)23(25)26/h3-10H,2,11-15H2,1H3. The van der Waals surface area contributed by atoms with Crippen molar-refractivity contribution in [2.75, 3.05) is 37.7 Å². The summed E-state index contributed by atoms with van der Waals surface area (Å²) in [5, 5.41) is 10.7. The van der Waals surface area contributed by atoms with Crippen LogP contribution < -0.4 is 9.64 Å². The highest BCUT2D eigenvalue weighted by atomic mass is 16.6. The van der Waals surface area contributed by atoms with Gasteiger partial charge in [0, 0.05) is 44.0 Å². The number of amides is 1. The van der Waals surface area contributed by atoms with E-state index in [4.69, 9.17) is 4.74 Å². The SMILES string of the molecule is CCOc1ccc(CC(=O)N2CCN(c3ccc([N+](=O)[O-])cc3)CC2)cc1. The molecule has 3 rings (SSSR count). The predicted octanol–water partition coefficient (Wildman–Crippen LogP) is 2.88. The average Bonchev–Trinajstić information content (AvgIpc) is 2.70. The highest BCUT2D eigenvalue weighted by molar-refractivity contribution is 5.79. The van der Waals surface area contributed by atoms with Crippen molar-refractivity contribution in [3.63, 3.8) is 0 Å². The fraction of sp³-hybridized carbons (Fsp3) is 0.350. The van der Waals surface area contributed by atoms with E-state index in [0.717, 1.165) is 17.0 Å². The first-order chi connectivity index (χ1) is 13.1. The quantitative estimate of drug-likeness (QED) is 0.578. The number of benzene rings is 2. The average molecular weight is 369 g/mol. The molecule has 1 saturated heterocycles. The lowest BCUT2D eigenvalue weighted by Crippen LogP contribution is -2.49. The molecule has 1 fully saturated rings.